The fourth-order valence-electron chi connectivity index (χ4n) is 2.74. The Hall–Kier alpha value is -2.37. The number of piperidine rings is 1. The molecule has 1 unspecified atom stereocenters. The second kappa shape index (κ2) is 4.33. The maximum atomic E-state index is 12.4. The zero-order valence-electron chi connectivity index (χ0n) is 10.8. The predicted octanol–water partition coefficient (Wildman–Crippen LogP) is 0.534. The van der Waals surface area contributed by atoms with Gasteiger partial charge in [0.05, 0.1) is 0 Å². The standard InChI is InChI=1S/C14H14N3O3/c1-16-12(18)6-5-11(14(16)20)17-7-9-8(13(17)19)3-2-4-10(9)15/h2-4,11H,1,5-7,15H2. The summed E-state index contributed by atoms with van der Waals surface area (Å²) >= 11 is 0. The summed E-state index contributed by atoms with van der Waals surface area (Å²) in [5.74, 6) is -0.954. The van der Waals surface area contributed by atoms with Crippen molar-refractivity contribution in [2.75, 3.05) is 5.73 Å². The Balaban J connectivity index is 1.91. The summed E-state index contributed by atoms with van der Waals surface area (Å²) in [5.41, 5.74) is 7.70. The molecule has 2 heterocycles. The molecule has 1 atom stereocenters. The van der Waals surface area contributed by atoms with Crippen molar-refractivity contribution >= 4 is 23.4 Å². The van der Waals surface area contributed by atoms with Crippen LogP contribution in [-0.2, 0) is 16.1 Å². The van der Waals surface area contributed by atoms with Crippen LogP contribution in [-0.4, -0.2) is 33.6 Å². The predicted molar refractivity (Wildman–Crippen MR) is 71.0 cm³/mol. The molecule has 0 spiro atoms. The molecular formula is C14H14N3O3. The summed E-state index contributed by atoms with van der Waals surface area (Å²) in [7, 11) is 3.44. The molecule has 2 aliphatic heterocycles. The summed E-state index contributed by atoms with van der Waals surface area (Å²) in [6, 6.07) is 4.52. The van der Waals surface area contributed by atoms with Gasteiger partial charge in [0.1, 0.15) is 6.04 Å². The number of anilines is 1. The van der Waals surface area contributed by atoms with Crippen molar-refractivity contribution in [3.63, 3.8) is 0 Å². The minimum Gasteiger partial charge on any atom is -0.398 e. The number of carbonyl (C=O) groups is 3. The minimum absolute atomic E-state index is 0.214. The van der Waals surface area contributed by atoms with E-state index in [1.165, 1.54) is 4.90 Å². The van der Waals surface area contributed by atoms with E-state index < -0.39 is 11.9 Å². The molecular weight excluding hydrogens is 258 g/mol. The molecule has 1 fully saturated rings. The zero-order chi connectivity index (χ0) is 14.4. The largest absolute Gasteiger partial charge is 0.398 e. The van der Waals surface area contributed by atoms with Crippen molar-refractivity contribution in [2.24, 2.45) is 0 Å². The molecule has 0 saturated carbocycles. The normalized spacial score (nSPS) is 22.4. The molecule has 0 aromatic heterocycles. The second-order valence-corrected chi connectivity index (χ2v) is 5.02. The van der Waals surface area contributed by atoms with Gasteiger partial charge in [-0.05, 0) is 18.6 Å². The fraction of sp³-hybridized carbons (Fsp3) is 0.286. The van der Waals surface area contributed by atoms with Crippen LogP contribution in [0.25, 0.3) is 0 Å². The van der Waals surface area contributed by atoms with Gasteiger partial charge < -0.3 is 10.6 Å². The van der Waals surface area contributed by atoms with E-state index in [1.807, 2.05) is 0 Å². The molecule has 1 saturated heterocycles. The molecule has 2 aliphatic rings. The number of nitrogen functional groups attached to an aromatic ring is 1. The van der Waals surface area contributed by atoms with E-state index in [-0.39, 0.29) is 18.2 Å². The average Bonchev–Trinajstić information content (AvgIpc) is 2.76. The van der Waals surface area contributed by atoms with Gasteiger partial charge in [0.25, 0.3) is 11.8 Å². The number of carbonyl (C=O) groups excluding carboxylic acids is 3. The number of hydrogen-bond acceptors (Lipinski definition) is 4. The smallest absolute Gasteiger partial charge is 0.255 e. The molecule has 2 N–H and O–H groups in total. The van der Waals surface area contributed by atoms with Crippen LogP contribution in [0, 0.1) is 7.05 Å². The van der Waals surface area contributed by atoms with Crippen molar-refractivity contribution in [3.05, 3.63) is 36.4 Å². The van der Waals surface area contributed by atoms with Crippen LogP contribution in [0.15, 0.2) is 18.2 Å². The van der Waals surface area contributed by atoms with Gasteiger partial charge in [0.2, 0.25) is 5.91 Å². The topological polar surface area (TPSA) is 83.7 Å². The Bertz CT molecular complexity index is 626. The molecule has 3 rings (SSSR count). The molecule has 1 radical (unpaired) electrons. The third-order valence-corrected chi connectivity index (χ3v) is 3.89. The summed E-state index contributed by atoms with van der Waals surface area (Å²) in [4.78, 5) is 38.3. The van der Waals surface area contributed by atoms with E-state index in [1.54, 1.807) is 18.2 Å². The van der Waals surface area contributed by atoms with E-state index in [0.717, 1.165) is 10.5 Å². The maximum Gasteiger partial charge on any atom is 0.255 e. The lowest BCUT2D eigenvalue weighted by atomic mass is 10.0. The van der Waals surface area contributed by atoms with Crippen LogP contribution in [0.1, 0.15) is 28.8 Å². The maximum absolute atomic E-state index is 12.4. The van der Waals surface area contributed by atoms with Crippen LogP contribution in [0.3, 0.4) is 0 Å². The summed E-state index contributed by atoms with van der Waals surface area (Å²) < 4.78 is 0. The Labute approximate surface area is 116 Å². The Kier molecular flexibility index (Phi) is 2.74. The highest BCUT2D eigenvalue weighted by Gasteiger charge is 2.41. The van der Waals surface area contributed by atoms with E-state index in [9.17, 15) is 14.4 Å². The van der Waals surface area contributed by atoms with Gasteiger partial charge in [-0.15, -0.1) is 0 Å². The van der Waals surface area contributed by atoms with Gasteiger partial charge in [0.15, 0.2) is 0 Å². The van der Waals surface area contributed by atoms with Crippen molar-refractivity contribution in [3.8, 4) is 0 Å². The highest BCUT2D eigenvalue weighted by Crippen LogP contribution is 2.31. The molecule has 1 aromatic rings. The lowest BCUT2D eigenvalue weighted by molar-refractivity contribution is -0.148. The lowest BCUT2D eigenvalue weighted by Gasteiger charge is -2.33. The van der Waals surface area contributed by atoms with E-state index in [0.29, 0.717) is 24.2 Å². The Morgan fingerprint density at radius 2 is 2.00 bits per heavy atom. The third kappa shape index (κ3) is 1.68. The first-order valence-electron chi connectivity index (χ1n) is 6.36. The number of nitrogens with zero attached hydrogens (tertiary/aromatic N) is 2. The van der Waals surface area contributed by atoms with Gasteiger partial charge >= 0.3 is 0 Å². The zero-order valence-corrected chi connectivity index (χ0v) is 10.8. The van der Waals surface area contributed by atoms with Gasteiger partial charge in [-0.1, -0.05) is 6.07 Å². The minimum atomic E-state index is -0.635. The Morgan fingerprint density at radius 3 is 2.70 bits per heavy atom. The number of likely N-dealkylation sites (tertiary alicyclic amines) is 1. The molecule has 3 amide bonds. The quantitative estimate of drug-likeness (QED) is 0.597. The molecule has 20 heavy (non-hydrogen) atoms. The molecule has 0 bridgehead atoms. The summed E-state index contributed by atoms with van der Waals surface area (Å²) in [6.45, 7) is 0.305. The van der Waals surface area contributed by atoms with Crippen molar-refractivity contribution in [1.29, 1.82) is 0 Å². The van der Waals surface area contributed by atoms with Crippen LogP contribution in [0.2, 0.25) is 0 Å². The van der Waals surface area contributed by atoms with Crippen LogP contribution in [0.4, 0.5) is 5.69 Å². The number of imide groups is 1. The first kappa shape index (κ1) is 12.7. The second-order valence-electron chi connectivity index (χ2n) is 5.02. The highest BCUT2D eigenvalue weighted by molar-refractivity contribution is 6.06. The number of hydrogen-bond donors (Lipinski definition) is 1. The van der Waals surface area contributed by atoms with Crippen molar-refractivity contribution in [2.45, 2.75) is 25.4 Å². The SMILES string of the molecule is [CH2]N1C(=O)CCC(N2Cc3c(N)cccc3C2=O)C1=O. The molecule has 0 aliphatic carbocycles. The highest BCUT2D eigenvalue weighted by atomic mass is 16.2. The van der Waals surface area contributed by atoms with Gasteiger partial charge in [-0.25, -0.2) is 0 Å². The van der Waals surface area contributed by atoms with Gasteiger partial charge in [0, 0.05) is 36.8 Å². The summed E-state index contributed by atoms with van der Waals surface area (Å²) in [6.07, 6.45) is 0.554. The molecule has 103 valence electrons. The monoisotopic (exact) mass is 272 g/mol. The van der Waals surface area contributed by atoms with Crippen molar-refractivity contribution < 1.29 is 14.4 Å². The van der Waals surface area contributed by atoms with Crippen LogP contribution in [0.5, 0.6) is 0 Å². The van der Waals surface area contributed by atoms with Crippen LogP contribution >= 0.6 is 0 Å². The number of rotatable bonds is 1. The average molecular weight is 272 g/mol. The third-order valence-electron chi connectivity index (χ3n) is 3.89. The Morgan fingerprint density at radius 1 is 1.25 bits per heavy atom. The number of benzene rings is 1. The summed E-state index contributed by atoms with van der Waals surface area (Å²) in [5, 5.41) is 0. The van der Waals surface area contributed by atoms with E-state index in [2.05, 4.69) is 7.05 Å². The van der Waals surface area contributed by atoms with E-state index >= 15 is 0 Å². The van der Waals surface area contributed by atoms with E-state index in [4.69, 9.17) is 5.73 Å². The molecule has 6 nitrogen and oxygen atoms in total. The first-order valence-corrected chi connectivity index (χ1v) is 6.36. The fourth-order valence-corrected chi connectivity index (χ4v) is 2.74. The van der Waals surface area contributed by atoms with Crippen molar-refractivity contribution in [1.82, 2.24) is 9.80 Å². The number of nitrogens with two attached hydrogens (primary N) is 1. The molecule has 6 heteroatoms. The number of amides is 3. The number of fused-ring (bicyclic) bond motifs is 1. The first-order chi connectivity index (χ1) is 9.50. The lowest BCUT2D eigenvalue weighted by Crippen LogP contribution is -2.52. The van der Waals surface area contributed by atoms with Crippen LogP contribution < -0.4 is 5.73 Å². The van der Waals surface area contributed by atoms with Gasteiger partial charge in [-0.3, -0.25) is 19.3 Å². The molecule has 1 aromatic carbocycles. The van der Waals surface area contributed by atoms with Gasteiger partial charge in [-0.2, -0.15) is 0 Å².